The fourth-order valence-corrected chi connectivity index (χ4v) is 1.87. The minimum atomic E-state index is 0.167. The van der Waals surface area contributed by atoms with Gasteiger partial charge in [-0.15, -0.1) is 0 Å². The fraction of sp³-hybridized carbons (Fsp3) is 0.889. The number of rotatable bonds is 4. The van der Waals surface area contributed by atoms with Crippen molar-refractivity contribution in [3.63, 3.8) is 0 Å². The number of urea groups is 1. The van der Waals surface area contributed by atoms with Crippen molar-refractivity contribution in [2.75, 3.05) is 32.4 Å². The fourth-order valence-electron chi connectivity index (χ4n) is 1.50. The number of hydrogen-bond acceptors (Lipinski definition) is 2. The second-order valence-corrected chi connectivity index (χ2v) is 3.97. The lowest BCUT2D eigenvalue weighted by Crippen LogP contribution is -2.33. The molecule has 0 bridgehead atoms. The zero-order valence-electron chi connectivity index (χ0n) is 8.36. The van der Waals surface area contributed by atoms with Gasteiger partial charge in [0.2, 0.25) is 0 Å². The van der Waals surface area contributed by atoms with Crippen LogP contribution in [0.1, 0.15) is 13.3 Å². The summed E-state index contributed by atoms with van der Waals surface area (Å²) in [6.45, 7) is 4.75. The van der Waals surface area contributed by atoms with E-state index in [1.54, 1.807) is 4.90 Å². The first kappa shape index (κ1) is 10.7. The second kappa shape index (κ2) is 4.74. The van der Waals surface area contributed by atoms with E-state index in [0.717, 1.165) is 31.8 Å². The highest BCUT2D eigenvalue weighted by molar-refractivity contribution is 7.80. The number of thiol groups is 1. The molecule has 4 heteroatoms. The van der Waals surface area contributed by atoms with E-state index in [1.165, 1.54) is 0 Å². The minimum absolute atomic E-state index is 0.167. The van der Waals surface area contributed by atoms with Gasteiger partial charge in [-0.2, -0.15) is 12.6 Å². The van der Waals surface area contributed by atoms with Crippen LogP contribution in [0.25, 0.3) is 0 Å². The average molecular weight is 202 g/mol. The highest BCUT2D eigenvalue weighted by Gasteiger charge is 2.26. The second-order valence-electron chi connectivity index (χ2n) is 3.61. The molecule has 0 aromatic rings. The molecule has 0 aliphatic carbocycles. The van der Waals surface area contributed by atoms with Crippen molar-refractivity contribution in [2.24, 2.45) is 5.92 Å². The number of nitrogens with zero attached hydrogens (tertiary/aromatic N) is 2. The molecule has 1 rings (SSSR count). The van der Waals surface area contributed by atoms with E-state index in [1.807, 2.05) is 11.9 Å². The van der Waals surface area contributed by atoms with Gasteiger partial charge in [0.1, 0.15) is 0 Å². The summed E-state index contributed by atoms with van der Waals surface area (Å²) in [6, 6.07) is 0.167. The molecule has 0 aromatic heterocycles. The molecule has 0 saturated carbocycles. The van der Waals surface area contributed by atoms with E-state index < -0.39 is 0 Å². The first-order chi connectivity index (χ1) is 6.19. The van der Waals surface area contributed by atoms with E-state index in [0.29, 0.717) is 5.92 Å². The van der Waals surface area contributed by atoms with Gasteiger partial charge in [0, 0.05) is 26.7 Å². The van der Waals surface area contributed by atoms with Crippen LogP contribution in [0.5, 0.6) is 0 Å². The molecule has 1 atom stereocenters. The standard InChI is InChI=1S/C9H18N2OS/c1-3-8(7-13)6-11-5-4-10(2)9(11)12/h8,13H,3-7H2,1-2H3. The van der Waals surface area contributed by atoms with Crippen LogP contribution in [0.15, 0.2) is 0 Å². The molecular weight excluding hydrogens is 184 g/mol. The lowest BCUT2D eigenvalue weighted by atomic mass is 10.1. The predicted octanol–water partition coefficient (Wildman–Crippen LogP) is 1.31. The molecule has 76 valence electrons. The third kappa shape index (κ3) is 2.53. The Morgan fingerprint density at radius 3 is 2.62 bits per heavy atom. The van der Waals surface area contributed by atoms with Crippen molar-refractivity contribution >= 4 is 18.7 Å². The van der Waals surface area contributed by atoms with Crippen LogP contribution in [0, 0.1) is 5.92 Å². The van der Waals surface area contributed by atoms with E-state index >= 15 is 0 Å². The van der Waals surface area contributed by atoms with Gasteiger partial charge in [-0.3, -0.25) is 0 Å². The normalized spacial score (nSPS) is 19.8. The Labute approximate surface area is 85.5 Å². The zero-order chi connectivity index (χ0) is 9.84. The molecule has 0 N–H and O–H groups in total. The van der Waals surface area contributed by atoms with Gasteiger partial charge in [-0.25, -0.2) is 4.79 Å². The Morgan fingerprint density at radius 2 is 2.23 bits per heavy atom. The smallest absolute Gasteiger partial charge is 0.319 e. The minimum Gasteiger partial charge on any atom is -0.326 e. The topological polar surface area (TPSA) is 23.6 Å². The van der Waals surface area contributed by atoms with Gasteiger partial charge in [0.15, 0.2) is 0 Å². The van der Waals surface area contributed by atoms with Crippen LogP contribution >= 0.6 is 12.6 Å². The van der Waals surface area contributed by atoms with E-state index in [-0.39, 0.29) is 6.03 Å². The summed E-state index contributed by atoms with van der Waals surface area (Å²) in [5, 5.41) is 0. The van der Waals surface area contributed by atoms with Gasteiger partial charge < -0.3 is 9.80 Å². The predicted molar refractivity (Wildman–Crippen MR) is 57.2 cm³/mol. The van der Waals surface area contributed by atoms with E-state index in [2.05, 4.69) is 19.6 Å². The van der Waals surface area contributed by atoms with Crippen LogP contribution in [0.2, 0.25) is 0 Å². The van der Waals surface area contributed by atoms with Gasteiger partial charge in [0.25, 0.3) is 0 Å². The van der Waals surface area contributed by atoms with E-state index in [9.17, 15) is 4.79 Å². The summed E-state index contributed by atoms with van der Waals surface area (Å²) >= 11 is 4.27. The molecule has 3 nitrogen and oxygen atoms in total. The Morgan fingerprint density at radius 1 is 1.54 bits per heavy atom. The molecule has 0 spiro atoms. The van der Waals surface area contributed by atoms with Gasteiger partial charge >= 0.3 is 6.03 Å². The van der Waals surface area contributed by atoms with Crippen molar-refractivity contribution in [3.05, 3.63) is 0 Å². The van der Waals surface area contributed by atoms with E-state index in [4.69, 9.17) is 0 Å². The Hall–Kier alpha value is -0.380. The van der Waals surface area contributed by atoms with Crippen LogP contribution in [-0.4, -0.2) is 48.3 Å². The van der Waals surface area contributed by atoms with Gasteiger partial charge in [0.05, 0.1) is 0 Å². The maximum Gasteiger partial charge on any atom is 0.319 e. The number of carbonyl (C=O) groups excluding carboxylic acids is 1. The molecule has 1 fully saturated rings. The van der Waals surface area contributed by atoms with Crippen LogP contribution in [-0.2, 0) is 0 Å². The summed E-state index contributed by atoms with van der Waals surface area (Å²) in [4.78, 5) is 15.2. The van der Waals surface area contributed by atoms with Gasteiger partial charge in [-0.05, 0) is 11.7 Å². The Balaban J connectivity index is 2.41. The van der Waals surface area contributed by atoms with Crippen molar-refractivity contribution in [2.45, 2.75) is 13.3 Å². The van der Waals surface area contributed by atoms with Crippen molar-refractivity contribution in [1.82, 2.24) is 9.80 Å². The first-order valence-electron chi connectivity index (χ1n) is 4.80. The summed E-state index contributed by atoms with van der Waals surface area (Å²) in [7, 11) is 1.85. The van der Waals surface area contributed by atoms with Crippen LogP contribution < -0.4 is 0 Å². The number of hydrogen-bond donors (Lipinski definition) is 1. The SMILES string of the molecule is CCC(CS)CN1CCN(C)C1=O. The first-order valence-corrected chi connectivity index (χ1v) is 5.43. The highest BCUT2D eigenvalue weighted by atomic mass is 32.1. The molecule has 1 saturated heterocycles. The van der Waals surface area contributed by atoms with Crippen molar-refractivity contribution in [3.8, 4) is 0 Å². The van der Waals surface area contributed by atoms with Crippen molar-refractivity contribution in [1.29, 1.82) is 0 Å². The largest absolute Gasteiger partial charge is 0.326 e. The Bertz CT molecular complexity index is 182. The number of amides is 2. The zero-order valence-corrected chi connectivity index (χ0v) is 9.26. The Kier molecular flexibility index (Phi) is 3.90. The summed E-state index contributed by atoms with van der Waals surface area (Å²) < 4.78 is 0. The summed E-state index contributed by atoms with van der Waals surface area (Å²) in [5.41, 5.74) is 0. The quantitative estimate of drug-likeness (QED) is 0.683. The van der Waals surface area contributed by atoms with Crippen molar-refractivity contribution < 1.29 is 4.79 Å². The molecule has 1 heterocycles. The lowest BCUT2D eigenvalue weighted by Gasteiger charge is -2.21. The molecule has 1 aliphatic heterocycles. The van der Waals surface area contributed by atoms with Gasteiger partial charge in [-0.1, -0.05) is 13.3 Å². The number of likely N-dealkylation sites (N-methyl/N-ethyl adjacent to an activating group) is 1. The third-order valence-electron chi connectivity index (χ3n) is 2.62. The molecule has 13 heavy (non-hydrogen) atoms. The number of carbonyl (C=O) groups is 1. The maximum absolute atomic E-state index is 11.5. The molecule has 1 unspecified atom stereocenters. The average Bonchev–Trinajstić information content (AvgIpc) is 2.45. The monoisotopic (exact) mass is 202 g/mol. The highest BCUT2D eigenvalue weighted by Crippen LogP contribution is 2.12. The maximum atomic E-state index is 11.5. The van der Waals surface area contributed by atoms with Crippen LogP contribution in [0.3, 0.4) is 0 Å². The summed E-state index contributed by atoms with van der Waals surface area (Å²) in [5.74, 6) is 1.41. The summed E-state index contributed by atoms with van der Waals surface area (Å²) in [6.07, 6.45) is 1.09. The molecule has 0 aromatic carbocycles. The molecule has 1 aliphatic rings. The molecule has 2 amide bonds. The third-order valence-corrected chi connectivity index (χ3v) is 3.13. The molecule has 0 radical (unpaired) electrons. The molecular formula is C9H18N2OS. The lowest BCUT2D eigenvalue weighted by molar-refractivity contribution is 0.193. The van der Waals surface area contributed by atoms with Crippen LogP contribution in [0.4, 0.5) is 4.79 Å².